The second-order valence-electron chi connectivity index (χ2n) is 10.4. The van der Waals surface area contributed by atoms with Gasteiger partial charge in [0, 0.05) is 30.9 Å². The molecule has 0 bridgehead atoms. The predicted octanol–water partition coefficient (Wildman–Crippen LogP) is 4.69. The van der Waals surface area contributed by atoms with E-state index in [9.17, 15) is 14.0 Å². The van der Waals surface area contributed by atoms with Crippen LogP contribution in [0.2, 0.25) is 0 Å². The van der Waals surface area contributed by atoms with Crippen LogP contribution in [-0.2, 0) is 16.1 Å². The number of benzene rings is 1. The van der Waals surface area contributed by atoms with Crippen LogP contribution in [0.25, 0.3) is 0 Å². The van der Waals surface area contributed by atoms with Crippen LogP contribution < -0.4 is 4.90 Å². The van der Waals surface area contributed by atoms with Crippen molar-refractivity contribution in [3.8, 4) is 0 Å². The van der Waals surface area contributed by atoms with E-state index >= 15 is 0 Å². The maximum atomic E-state index is 14.2. The first-order valence-corrected chi connectivity index (χ1v) is 12.8. The number of hydrogen-bond donors (Lipinski definition) is 0. The Balaban J connectivity index is 1.40. The number of amides is 3. The average molecular weight is 509 g/mol. The summed E-state index contributed by atoms with van der Waals surface area (Å²) >= 11 is 0. The average Bonchev–Trinajstić information content (AvgIpc) is 3.43. The summed E-state index contributed by atoms with van der Waals surface area (Å²) in [4.78, 5) is 32.6. The normalized spacial score (nSPS) is 26.6. The van der Waals surface area contributed by atoms with E-state index < -0.39 is 17.4 Å². The summed E-state index contributed by atoms with van der Waals surface area (Å²) < 4.78 is 25.1. The molecule has 1 spiro atoms. The van der Waals surface area contributed by atoms with Crippen molar-refractivity contribution in [2.75, 3.05) is 18.0 Å². The number of carbonyl (C=O) groups is 2. The van der Waals surface area contributed by atoms with Gasteiger partial charge in [0.25, 0.3) is 5.91 Å². The topological polar surface area (TPSA) is 79.1 Å². The van der Waals surface area contributed by atoms with Gasteiger partial charge in [0.05, 0.1) is 18.8 Å². The molecule has 3 aliphatic rings. The molecule has 2 aromatic rings. The van der Waals surface area contributed by atoms with Crippen molar-refractivity contribution in [1.82, 2.24) is 15.0 Å². The first kappa shape index (κ1) is 25.4. The Morgan fingerprint density at radius 1 is 1.24 bits per heavy atom. The number of imide groups is 1. The molecule has 0 radical (unpaired) electrons. The van der Waals surface area contributed by atoms with Crippen LogP contribution in [0, 0.1) is 5.82 Å². The molecule has 3 amide bonds. The third kappa shape index (κ3) is 4.98. The van der Waals surface area contributed by atoms with E-state index in [1.54, 1.807) is 18.2 Å². The van der Waals surface area contributed by atoms with Gasteiger partial charge in [0.15, 0.2) is 0 Å². The molecule has 2 aliphatic heterocycles. The van der Waals surface area contributed by atoms with Crippen molar-refractivity contribution in [3.63, 3.8) is 0 Å². The zero-order valence-electron chi connectivity index (χ0n) is 21.5. The molecule has 1 aliphatic carbocycles. The van der Waals surface area contributed by atoms with Gasteiger partial charge >= 0.3 is 6.03 Å². The van der Waals surface area contributed by atoms with Gasteiger partial charge in [-0.15, -0.1) is 0 Å². The predicted molar refractivity (Wildman–Crippen MR) is 136 cm³/mol. The van der Waals surface area contributed by atoms with Crippen molar-refractivity contribution in [3.05, 3.63) is 71.9 Å². The zero-order valence-corrected chi connectivity index (χ0v) is 21.5. The number of likely N-dealkylation sites (tertiary alicyclic amines) is 1. The molecule has 3 heterocycles. The Morgan fingerprint density at radius 2 is 2.08 bits per heavy atom. The van der Waals surface area contributed by atoms with Crippen molar-refractivity contribution in [2.24, 2.45) is 0 Å². The number of anilines is 1. The molecule has 8 nitrogen and oxygen atoms in total. The van der Waals surface area contributed by atoms with E-state index in [0.717, 1.165) is 13.0 Å². The van der Waals surface area contributed by atoms with Crippen molar-refractivity contribution >= 4 is 17.6 Å². The number of ether oxygens (including phenoxy) is 1. The van der Waals surface area contributed by atoms with Crippen molar-refractivity contribution in [1.29, 1.82) is 0 Å². The Labute approximate surface area is 216 Å². The minimum atomic E-state index is -1.09. The molecule has 1 aromatic heterocycles. The van der Waals surface area contributed by atoms with Crippen molar-refractivity contribution < 1.29 is 23.2 Å². The number of rotatable bonds is 7. The number of carbonyl (C=O) groups excluding carboxylic acids is 2. The van der Waals surface area contributed by atoms with E-state index in [-0.39, 0.29) is 30.7 Å². The third-order valence-corrected chi connectivity index (χ3v) is 7.37. The van der Waals surface area contributed by atoms with E-state index in [1.165, 1.54) is 33.8 Å². The van der Waals surface area contributed by atoms with Crippen LogP contribution in [0.1, 0.15) is 45.7 Å². The molecular weight excluding hydrogens is 475 g/mol. The Morgan fingerprint density at radius 3 is 2.78 bits per heavy atom. The number of piperidine rings is 1. The van der Waals surface area contributed by atoms with Gasteiger partial charge in [-0.3, -0.25) is 19.5 Å². The molecule has 2 fully saturated rings. The summed E-state index contributed by atoms with van der Waals surface area (Å²) in [5.41, 5.74) is 0.957. The molecular formula is C28H33FN4O4. The quantitative estimate of drug-likeness (QED) is 0.505. The molecule has 37 heavy (non-hydrogen) atoms. The molecule has 0 saturated carbocycles. The lowest BCUT2D eigenvalue weighted by Gasteiger charge is -2.46. The number of aromatic nitrogens is 1. The molecule has 9 heteroatoms. The Hall–Kier alpha value is -3.30. The first-order valence-electron chi connectivity index (χ1n) is 12.8. The van der Waals surface area contributed by atoms with Crippen LogP contribution in [0.4, 0.5) is 14.9 Å². The molecule has 1 aromatic carbocycles. The molecule has 0 N–H and O–H groups in total. The second kappa shape index (κ2) is 10.2. The molecule has 3 atom stereocenters. The van der Waals surface area contributed by atoms with Crippen molar-refractivity contribution in [2.45, 2.75) is 70.4 Å². The number of urea groups is 1. The summed E-state index contributed by atoms with van der Waals surface area (Å²) in [7, 11) is 0. The van der Waals surface area contributed by atoms with E-state index in [2.05, 4.69) is 35.2 Å². The highest BCUT2D eigenvalue weighted by atomic mass is 19.1. The van der Waals surface area contributed by atoms with Gasteiger partial charge in [-0.2, -0.15) is 0 Å². The monoisotopic (exact) mass is 508 g/mol. The van der Waals surface area contributed by atoms with Gasteiger partial charge in [0.2, 0.25) is 0 Å². The van der Waals surface area contributed by atoms with Crippen LogP contribution in [0.15, 0.2) is 64.9 Å². The fourth-order valence-corrected chi connectivity index (χ4v) is 5.73. The maximum Gasteiger partial charge on any atom is 0.332 e. The SMILES string of the molecule is CC(C)OC1C=C(CN2CC[C@@]3(C[C@@H]2C)C(=O)N(Cc2ccon2)C(=O)N3c2cccc(F)c2)C=CC1. The lowest BCUT2D eigenvalue weighted by molar-refractivity contribution is -0.133. The maximum absolute atomic E-state index is 14.2. The van der Waals surface area contributed by atoms with Gasteiger partial charge < -0.3 is 9.26 Å². The highest BCUT2D eigenvalue weighted by molar-refractivity contribution is 6.16. The van der Waals surface area contributed by atoms with Crippen LogP contribution >= 0.6 is 0 Å². The van der Waals surface area contributed by atoms with E-state index in [4.69, 9.17) is 9.26 Å². The fraction of sp³-hybridized carbons (Fsp3) is 0.464. The highest BCUT2D eigenvalue weighted by Gasteiger charge is 2.59. The standard InChI is InChI=1S/C28H33FN4O4/c1-19(2)37-25-9-4-6-21(14-25)17-31-12-11-28(16-20(31)3)26(34)32(18-23-10-13-36-30-23)27(35)33(28)24-8-5-7-22(29)15-24/h4-8,10,13-15,19-20,25H,9,11-12,16-18H2,1-3H3/t20-,25?,28+/m0/s1. The lowest BCUT2D eigenvalue weighted by Crippen LogP contribution is -2.59. The summed E-state index contributed by atoms with van der Waals surface area (Å²) in [6.45, 7) is 7.51. The van der Waals surface area contributed by atoms with Crippen LogP contribution in [0.5, 0.6) is 0 Å². The molecule has 196 valence electrons. The first-order chi connectivity index (χ1) is 17.8. The van der Waals surface area contributed by atoms with E-state index in [1.807, 2.05) is 13.8 Å². The van der Waals surface area contributed by atoms with Gasteiger partial charge in [-0.05, 0) is 63.8 Å². The number of halogens is 1. The largest absolute Gasteiger partial charge is 0.371 e. The van der Waals surface area contributed by atoms with Gasteiger partial charge in [0.1, 0.15) is 23.3 Å². The fourth-order valence-electron chi connectivity index (χ4n) is 5.73. The second-order valence-corrected chi connectivity index (χ2v) is 10.4. The molecule has 1 unspecified atom stereocenters. The minimum Gasteiger partial charge on any atom is -0.371 e. The lowest BCUT2D eigenvalue weighted by atomic mass is 9.81. The summed E-state index contributed by atoms with van der Waals surface area (Å²) in [5, 5.41) is 3.88. The van der Waals surface area contributed by atoms with Gasteiger partial charge in [-0.1, -0.05) is 29.5 Å². The number of hydrogen-bond acceptors (Lipinski definition) is 6. The minimum absolute atomic E-state index is 0.00857. The zero-order chi connectivity index (χ0) is 26.2. The molecule has 5 rings (SSSR count). The summed E-state index contributed by atoms with van der Waals surface area (Å²) in [6.07, 6.45) is 9.83. The smallest absolute Gasteiger partial charge is 0.332 e. The third-order valence-electron chi connectivity index (χ3n) is 7.37. The van der Waals surface area contributed by atoms with Crippen LogP contribution in [0.3, 0.4) is 0 Å². The summed E-state index contributed by atoms with van der Waals surface area (Å²) in [5.74, 6) is -0.735. The Bertz CT molecular complexity index is 1210. The molecule has 2 saturated heterocycles. The van der Waals surface area contributed by atoms with Crippen LogP contribution in [-0.4, -0.2) is 63.8 Å². The highest BCUT2D eigenvalue weighted by Crippen LogP contribution is 2.43. The van der Waals surface area contributed by atoms with E-state index in [0.29, 0.717) is 30.8 Å². The van der Waals surface area contributed by atoms with Gasteiger partial charge in [-0.25, -0.2) is 9.18 Å². The Kier molecular flexibility index (Phi) is 7.00. The summed E-state index contributed by atoms with van der Waals surface area (Å²) in [6, 6.07) is 7.06. The number of nitrogens with zero attached hydrogens (tertiary/aromatic N) is 4.